The van der Waals surface area contributed by atoms with Gasteiger partial charge in [-0.05, 0) is 50.3 Å². The molecule has 1 amide bonds. The summed E-state index contributed by atoms with van der Waals surface area (Å²) in [5, 5.41) is 1.21. The van der Waals surface area contributed by atoms with Crippen LogP contribution in [0.3, 0.4) is 0 Å². The molecule has 1 fully saturated rings. The number of nitrogens with two attached hydrogens (primary N) is 1. The van der Waals surface area contributed by atoms with Crippen LogP contribution in [0.25, 0.3) is 10.9 Å². The SMILES string of the molecule is Cc1[nH]c2c(C)ccc(C)c2c1CC(=O)N1CCC[C@H](N)C1.Cl. The first-order valence-corrected chi connectivity index (χ1v) is 8.08. The summed E-state index contributed by atoms with van der Waals surface area (Å²) in [6.45, 7) is 7.81. The number of carbonyl (C=O) groups is 1. The third-order valence-corrected chi connectivity index (χ3v) is 4.83. The largest absolute Gasteiger partial charge is 0.358 e. The molecule has 0 unspecified atom stereocenters. The maximum Gasteiger partial charge on any atom is 0.227 e. The number of hydrogen-bond acceptors (Lipinski definition) is 2. The highest BCUT2D eigenvalue weighted by molar-refractivity contribution is 5.93. The molecule has 0 saturated carbocycles. The van der Waals surface area contributed by atoms with E-state index in [0.29, 0.717) is 13.0 Å². The number of aromatic amines is 1. The fraction of sp³-hybridized carbons (Fsp3) is 0.500. The lowest BCUT2D eigenvalue weighted by atomic mass is 10.00. The van der Waals surface area contributed by atoms with Crippen molar-refractivity contribution in [1.29, 1.82) is 0 Å². The predicted molar refractivity (Wildman–Crippen MR) is 97.3 cm³/mol. The highest BCUT2D eigenvalue weighted by Crippen LogP contribution is 2.29. The van der Waals surface area contributed by atoms with Crippen molar-refractivity contribution in [1.82, 2.24) is 9.88 Å². The molecule has 1 aliphatic heterocycles. The van der Waals surface area contributed by atoms with Crippen LogP contribution >= 0.6 is 12.4 Å². The highest BCUT2D eigenvalue weighted by atomic mass is 35.5. The summed E-state index contributed by atoms with van der Waals surface area (Å²) in [7, 11) is 0. The van der Waals surface area contributed by atoms with Crippen molar-refractivity contribution in [3.8, 4) is 0 Å². The summed E-state index contributed by atoms with van der Waals surface area (Å²) < 4.78 is 0. The first kappa shape index (κ1) is 17.8. The minimum Gasteiger partial charge on any atom is -0.358 e. The van der Waals surface area contributed by atoms with Crippen LogP contribution in [0, 0.1) is 20.8 Å². The molecule has 2 aromatic rings. The van der Waals surface area contributed by atoms with Crippen molar-refractivity contribution < 1.29 is 4.79 Å². The van der Waals surface area contributed by atoms with E-state index in [1.165, 1.54) is 16.5 Å². The normalized spacial score (nSPS) is 18.1. The molecular formula is C18H26ClN3O. The highest BCUT2D eigenvalue weighted by Gasteiger charge is 2.23. The second kappa shape index (κ2) is 6.93. The van der Waals surface area contributed by atoms with Gasteiger partial charge in [0.05, 0.1) is 6.42 Å². The molecule has 0 aliphatic carbocycles. The second-order valence-corrected chi connectivity index (χ2v) is 6.60. The van der Waals surface area contributed by atoms with Crippen LogP contribution in [0.2, 0.25) is 0 Å². The zero-order valence-corrected chi connectivity index (χ0v) is 14.9. The van der Waals surface area contributed by atoms with Gasteiger partial charge in [-0.3, -0.25) is 4.79 Å². The zero-order valence-electron chi connectivity index (χ0n) is 14.1. The van der Waals surface area contributed by atoms with E-state index in [0.717, 1.165) is 36.2 Å². The van der Waals surface area contributed by atoms with Gasteiger partial charge in [-0.25, -0.2) is 0 Å². The Balaban J connectivity index is 0.00000192. The van der Waals surface area contributed by atoms with Crippen molar-refractivity contribution in [3.05, 3.63) is 34.5 Å². The van der Waals surface area contributed by atoms with Gasteiger partial charge in [0.15, 0.2) is 0 Å². The van der Waals surface area contributed by atoms with Crippen LogP contribution in [0.1, 0.15) is 35.2 Å². The number of likely N-dealkylation sites (tertiary alicyclic amines) is 1. The molecule has 1 saturated heterocycles. The van der Waals surface area contributed by atoms with Crippen LogP contribution in [0.15, 0.2) is 12.1 Å². The van der Waals surface area contributed by atoms with Gasteiger partial charge >= 0.3 is 0 Å². The van der Waals surface area contributed by atoms with E-state index in [2.05, 4.69) is 37.9 Å². The monoisotopic (exact) mass is 335 g/mol. The molecule has 5 heteroatoms. The number of aromatic nitrogens is 1. The lowest BCUT2D eigenvalue weighted by molar-refractivity contribution is -0.131. The van der Waals surface area contributed by atoms with Crippen molar-refractivity contribution in [2.75, 3.05) is 13.1 Å². The molecule has 1 aromatic heterocycles. The minimum absolute atomic E-state index is 0. The summed E-state index contributed by atoms with van der Waals surface area (Å²) in [6, 6.07) is 4.39. The number of halogens is 1. The molecule has 3 N–H and O–H groups in total. The third kappa shape index (κ3) is 3.38. The van der Waals surface area contributed by atoms with Crippen LogP contribution in [-0.4, -0.2) is 34.9 Å². The summed E-state index contributed by atoms with van der Waals surface area (Å²) in [5.41, 5.74) is 11.9. The molecule has 4 nitrogen and oxygen atoms in total. The Hall–Kier alpha value is -1.52. The second-order valence-electron chi connectivity index (χ2n) is 6.60. The van der Waals surface area contributed by atoms with Crippen molar-refractivity contribution >= 4 is 29.2 Å². The first-order chi connectivity index (χ1) is 10.5. The standard InChI is InChI=1S/C18H25N3O.ClH/c1-11-6-7-12(2)18-17(11)15(13(3)20-18)9-16(22)21-8-4-5-14(19)10-21;/h6-7,14,20H,4-5,8-10,19H2,1-3H3;1H/t14-;/m0./s1. The number of fused-ring (bicyclic) bond motifs is 1. The Morgan fingerprint density at radius 3 is 2.70 bits per heavy atom. The summed E-state index contributed by atoms with van der Waals surface area (Å²) in [4.78, 5) is 18.0. The molecule has 2 heterocycles. The number of aryl methyl sites for hydroxylation is 3. The van der Waals surface area contributed by atoms with Crippen LogP contribution in [0.4, 0.5) is 0 Å². The van der Waals surface area contributed by atoms with E-state index in [9.17, 15) is 4.79 Å². The van der Waals surface area contributed by atoms with E-state index in [4.69, 9.17) is 5.73 Å². The van der Waals surface area contributed by atoms with Gasteiger partial charge < -0.3 is 15.6 Å². The smallest absolute Gasteiger partial charge is 0.227 e. The molecule has 1 atom stereocenters. The number of nitrogens with zero attached hydrogens (tertiary/aromatic N) is 1. The number of benzene rings is 1. The molecule has 23 heavy (non-hydrogen) atoms. The van der Waals surface area contributed by atoms with E-state index >= 15 is 0 Å². The number of amides is 1. The fourth-order valence-corrected chi connectivity index (χ4v) is 3.53. The molecule has 0 spiro atoms. The average molecular weight is 336 g/mol. The van der Waals surface area contributed by atoms with E-state index in [-0.39, 0.29) is 24.4 Å². The van der Waals surface area contributed by atoms with Crippen LogP contribution in [0.5, 0.6) is 0 Å². The van der Waals surface area contributed by atoms with Crippen molar-refractivity contribution in [2.24, 2.45) is 5.73 Å². The molecule has 3 rings (SSSR count). The van der Waals surface area contributed by atoms with Crippen LogP contribution in [-0.2, 0) is 11.2 Å². The molecule has 1 aromatic carbocycles. The maximum atomic E-state index is 12.7. The number of hydrogen-bond donors (Lipinski definition) is 2. The number of H-pyrrole nitrogens is 1. The first-order valence-electron chi connectivity index (χ1n) is 8.08. The Bertz CT molecular complexity index is 723. The van der Waals surface area contributed by atoms with Gasteiger partial charge in [-0.2, -0.15) is 0 Å². The lowest BCUT2D eigenvalue weighted by Crippen LogP contribution is -2.46. The molecular weight excluding hydrogens is 310 g/mol. The van der Waals surface area contributed by atoms with E-state index in [1.807, 2.05) is 4.90 Å². The van der Waals surface area contributed by atoms with Gasteiger partial charge in [0.2, 0.25) is 5.91 Å². The Kier molecular flexibility index (Phi) is 5.37. The fourth-order valence-electron chi connectivity index (χ4n) is 3.53. The average Bonchev–Trinajstić information content (AvgIpc) is 2.81. The van der Waals surface area contributed by atoms with E-state index in [1.54, 1.807) is 0 Å². The Morgan fingerprint density at radius 2 is 2.00 bits per heavy atom. The molecule has 1 aliphatic rings. The molecule has 0 bridgehead atoms. The zero-order chi connectivity index (χ0) is 15.9. The maximum absolute atomic E-state index is 12.7. The summed E-state index contributed by atoms with van der Waals surface area (Å²) in [6.07, 6.45) is 2.49. The Morgan fingerprint density at radius 1 is 1.30 bits per heavy atom. The number of piperidine rings is 1. The quantitative estimate of drug-likeness (QED) is 0.886. The summed E-state index contributed by atoms with van der Waals surface area (Å²) >= 11 is 0. The van der Waals surface area contributed by atoms with Crippen molar-refractivity contribution in [3.63, 3.8) is 0 Å². The van der Waals surface area contributed by atoms with Gasteiger partial charge in [0.1, 0.15) is 0 Å². The molecule has 126 valence electrons. The Labute approximate surface area is 143 Å². The minimum atomic E-state index is 0. The van der Waals surface area contributed by atoms with Gasteiger partial charge in [-0.1, -0.05) is 12.1 Å². The van der Waals surface area contributed by atoms with Gasteiger partial charge in [0.25, 0.3) is 0 Å². The van der Waals surface area contributed by atoms with Gasteiger partial charge in [-0.15, -0.1) is 12.4 Å². The number of carbonyl (C=O) groups excluding carboxylic acids is 1. The van der Waals surface area contributed by atoms with Crippen molar-refractivity contribution in [2.45, 2.75) is 46.1 Å². The molecule has 0 radical (unpaired) electrons. The number of nitrogens with one attached hydrogen (secondary N) is 1. The third-order valence-electron chi connectivity index (χ3n) is 4.83. The van der Waals surface area contributed by atoms with Gasteiger partial charge in [0, 0.05) is 35.7 Å². The number of rotatable bonds is 2. The van der Waals surface area contributed by atoms with Crippen LogP contribution < -0.4 is 5.73 Å². The van der Waals surface area contributed by atoms with E-state index < -0.39 is 0 Å². The predicted octanol–water partition coefficient (Wildman–Crippen LogP) is 3.01. The lowest BCUT2D eigenvalue weighted by Gasteiger charge is -2.31. The topological polar surface area (TPSA) is 62.1 Å². The summed E-state index contributed by atoms with van der Waals surface area (Å²) in [5.74, 6) is 0.194.